The Kier molecular flexibility index (Phi) is 6.96. The van der Waals surface area contributed by atoms with Crippen molar-refractivity contribution in [1.29, 1.82) is 0 Å². The number of hydrazone groups is 1. The maximum atomic E-state index is 11.6. The zero-order chi connectivity index (χ0) is 17.4. The Labute approximate surface area is 137 Å². The third-order valence-corrected chi connectivity index (χ3v) is 2.79. The number of rotatable bonds is 6. The predicted molar refractivity (Wildman–Crippen MR) is 83.6 cm³/mol. The van der Waals surface area contributed by atoms with E-state index in [-0.39, 0.29) is 17.2 Å². The van der Waals surface area contributed by atoms with Gasteiger partial charge in [0.15, 0.2) is 0 Å². The van der Waals surface area contributed by atoms with Crippen molar-refractivity contribution >= 4 is 36.7 Å². The minimum Gasteiger partial charge on any atom is -0.277 e. The van der Waals surface area contributed by atoms with Crippen LogP contribution in [0.15, 0.2) is 29.4 Å². The van der Waals surface area contributed by atoms with Gasteiger partial charge in [-0.25, -0.2) is 10.3 Å². The topological polar surface area (TPSA) is 128 Å². The van der Waals surface area contributed by atoms with Crippen LogP contribution in [0.25, 0.3) is 0 Å². The highest BCUT2D eigenvalue weighted by atomic mass is 32.1. The van der Waals surface area contributed by atoms with Gasteiger partial charge in [0, 0.05) is 18.6 Å². The molecule has 3 amide bonds. The summed E-state index contributed by atoms with van der Waals surface area (Å²) in [6.45, 7) is 1.72. The Morgan fingerprint density at radius 2 is 2.04 bits per heavy atom. The van der Waals surface area contributed by atoms with E-state index < -0.39 is 16.9 Å². The first-order valence-electron chi connectivity index (χ1n) is 6.44. The van der Waals surface area contributed by atoms with Gasteiger partial charge in [-0.3, -0.25) is 20.1 Å². The van der Waals surface area contributed by atoms with Crippen LogP contribution in [0, 0.1) is 10.1 Å². The van der Waals surface area contributed by atoms with E-state index in [0.29, 0.717) is 16.4 Å². The summed E-state index contributed by atoms with van der Waals surface area (Å²) < 4.78 is 0.509. The average Bonchev–Trinajstić information content (AvgIpc) is 2.54. The average molecular weight is 341 g/mol. The molecule has 11 heteroatoms. The first-order chi connectivity index (χ1) is 10.9. The van der Waals surface area contributed by atoms with Crippen molar-refractivity contribution < 1.29 is 19.7 Å². The molecule has 23 heavy (non-hydrogen) atoms. The number of imide groups is 1. The Hall–Kier alpha value is -2.66. The number of non-ortho nitro benzene ring substituents is 1. The number of hydrogen-bond donors (Lipinski definition) is 3. The van der Waals surface area contributed by atoms with Crippen molar-refractivity contribution in [3.63, 3.8) is 0 Å². The number of hydrogen-bond acceptors (Lipinski definition) is 8. The number of urea groups is 1. The smallest absolute Gasteiger partial charge is 0.277 e. The van der Waals surface area contributed by atoms with Crippen molar-refractivity contribution in [2.75, 3.05) is 0 Å². The van der Waals surface area contributed by atoms with Crippen LogP contribution in [-0.4, -0.2) is 37.8 Å². The highest BCUT2D eigenvalue weighted by molar-refractivity contribution is 7.78. The molecule has 0 radical (unpaired) electrons. The zero-order valence-corrected chi connectivity index (χ0v) is 13.0. The van der Waals surface area contributed by atoms with Gasteiger partial charge in [-0.2, -0.15) is 9.52 Å². The molecule has 1 rings (SSSR count). The van der Waals surface area contributed by atoms with Gasteiger partial charge >= 0.3 is 6.03 Å². The molecule has 0 atom stereocenters. The number of hydrazine groups is 1. The van der Waals surface area contributed by atoms with Gasteiger partial charge in [0.05, 0.1) is 11.1 Å². The minimum atomic E-state index is -1.12. The van der Waals surface area contributed by atoms with Gasteiger partial charge < -0.3 is 0 Å². The van der Waals surface area contributed by atoms with E-state index in [1.54, 1.807) is 6.92 Å². The molecule has 0 fully saturated rings. The Morgan fingerprint density at radius 1 is 1.43 bits per heavy atom. The fourth-order valence-corrected chi connectivity index (χ4v) is 1.54. The second kappa shape index (κ2) is 8.70. The van der Waals surface area contributed by atoms with E-state index in [2.05, 4.69) is 23.5 Å². The molecule has 0 unspecified atom stereocenters. The molecule has 0 saturated carbocycles. The normalized spacial score (nSPS) is 10.4. The molecule has 2 N–H and O–H groups in total. The standard InChI is InChI=1S/C12H15N5O5S/c1-2-3-11(18)15(20)12(19)16(23)14-13-8-9-4-6-10(7-5-9)17(21)22/h4-8,14,20,23H,2-3H2,1H3/b13-8+. The molecular weight excluding hydrogens is 326 g/mol. The summed E-state index contributed by atoms with van der Waals surface area (Å²) in [5.74, 6) is -0.766. The van der Waals surface area contributed by atoms with Crippen LogP contribution in [0.1, 0.15) is 25.3 Å². The molecule has 1 aromatic rings. The minimum absolute atomic E-state index is 0.00984. The summed E-state index contributed by atoms with van der Waals surface area (Å²) in [6, 6.07) is 4.38. The van der Waals surface area contributed by atoms with E-state index in [0.717, 1.165) is 0 Å². The summed E-state index contributed by atoms with van der Waals surface area (Å²) in [4.78, 5) is 32.9. The number of nitrogens with zero attached hydrogens (tertiary/aromatic N) is 4. The van der Waals surface area contributed by atoms with E-state index >= 15 is 0 Å². The maximum Gasteiger partial charge on any atom is 0.381 e. The van der Waals surface area contributed by atoms with Crippen LogP contribution >= 0.6 is 12.8 Å². The molecule has 0 heterocycles. The predicted octanol–water partition coefficient (Wildman–Crippen LogP) is 1.72. The van der Waals surface area contributed by atoms with E-state index in [9.17, 15) is 24.9 Å². The van der Waals surface area contributed by atoms with Crippen molar-refractivity contribution in [2.45, 2.75) is 19.8 Å². The van der Waals surface area contributed by atoms with Gasteiger partial charge in [0.25, 0.3) is 11.6 Å². The molecule has 0 bridgehead atoms. The second-order valence-electron chi connectivity index (χ2n) is 4.26. The molecule has 0 aromatic heterocycles. The summed E-state index contributed by atoms with van der Waals surface area (Å²) in [5.41, 5.74) is 2.64. The van der Waals surface area contributed by atoms with E-state index in [1.807, 2.05) is 0 Å². The monoisotopic (exact) mass is 341 g/mol. The first-order valence-corrected chi connectivity index (χ1v) is 6.84. The van der Waals surface area contributed by atoms with Gasteiger partial charge in [-0.1, -0.05) is 6.92 Å². The summed E-state index contributed by atoms with van der Waals surface area (Å²) in [5, 5.41) is 23.5. The fraction of sp³-hybridized carbons (Fsp3) is 0.250. The molecular formula is C12H15N5O5S. The van der Waals surface area contributed by atoms with Crippen LogP contribution in [0.2, 0.25) is 0 Å². The SMILES string of the molecule is CCCC(=O)N(O)C(=O)N(S)N/N=C/c1ccc([N+](=O)[O-])cc1. The van der Waals surface area contributed by atoms with Gasteiger partial charge in [0.2, 0.25) is 0 Å². The van der Waals surface area contributed by atoms with Crippen LogP contribution in [0.3, 0.4) is 0 Å². The Bertz CT molecular complexity index is 606. The maximum absolute atomic E-state index is 11.6. The number of nitro groups is 1. The third-order valence-electron chi connectivity index (χ3n) is 2.53. The van der Waals surface area contributed by atoms with Crippen molar-refractivity contribution in [3.05, 3.63) is 39.9 Å². The molecule has 0 saturated heterocycles. The molecule has 1 aromatic carbocycles. The number of thiol groups is 1. The molecule has 0 aliphatic heterocycles. The summed E-state index contributed by atoms with van der Waals surface area (Å²) in [6.07, 6.45) is 1.76. The van der Waals surface area contributed by atoms with Crippen molar-refractivity contribution in [1.82, 2.24) is 15.0 Å². The molecule has 10 nitrogen and oxygen atoms in total. The molecule has 0 spiro atoms. The Balaban J connectivity index is 2.57. The lowest BCUT2D eigenvalue weighted by Crippen LogP contribution is -2.44. The number of carbonyl (C=O) groups excluding carboxylic acids is 2. The molecule has 0 aliphatic carbocycles. The second-order valence-corrected chi connectivity index (χ2v) is 4.66. The lowest BCUT2D eigenvalue weighted by atomic mass is 10.2. The number of benzene rings is 1. The first kappa shape index (κ1) is 18.4. The number of nitro benzene ring substituents is 1. The van der Waals surface area contributed by atoms with Gasteiger partial charge in [-0.15, -0.1) is 5.06 Å². The van der Waals surface area contributed by atoms with E-state index in [1.165, 1.54) is 30.5 Å². The fourth-order valence-electron chi connectivity index (χ4n) is 1.40. The highest BCUT2D eigenvalue weighted by Gasteiger charge is 2.22. The van der Waals surface area contributed by atoms with Crippen LogP contribution in [0.5, 0.6) is 0 Å². The van der Waals surface area contributed by atoms with E-state index in [4.69, 9.17) is 0 Å². The van der Waals surface area contributed by atoms with Crippen molar-refractivity contribution in [2.24, 2.45) is 5.10 Å². The quantitative estimate of drug-likeness (QED) is 0.238. The lowest BCUT2D eigenvalue weighted by Gasteiger charge is -2.19. The van der Waals surface area contributed by atoms with Gasteiger partial charge in [0.1, 0.15) is 0 Å². The third kappa shape index (κ3) is 5.56. The molecule has 124 valence electrons. The van der Waals surface area contributed by atoms with Crippen molar-refractivity contribution in [3.8, 4) is 0 Å². The lowest BCUT2D eigenvalue weighted by molar-refractivity contribution is -0.384. The number of carbonyl (C=O) groups is 2. The van der Waals surface area contributed by atoms with Crippen LogP contribution in [0.4, 0.5) is 10.5 Å². The summed E-state index contributed by atoms with van der Waals surface area (Å²) >= 11 is 3.73. The van der Waals surface area contributed by atoms with Gasteiger partial charge in [-0.05, 0) is 36.9 Å². The number of amides is 3. The molecule has 0 aliphatic rings. The summed E-state index contributed by atoms with van der Waals surface area (Å²) in [7, 11) is 0. The highest BCUT2D eigenvalue weighted by Crippen LogP contribution is 2.10. The zero-order valence-electron chi connectivity index (χ0n) is 12.1. The largest absolute Gasteiger partial charge is 0.381 e. The Morgan fingerprint density at radius 3 is 2.57 bits per heavy atom. The number of hydroxylamine groups is 2. The van der Waals surface area contributed by atoms with Crippen LogP contribution < -0.4 is 5.53 Å². The number of nitrogens with one attached hydrogen (secondary N) is 1. The van der Waals surface area contributed by atoms with Crippen LogP contribution in [-0.2, 0) is 4.79 Å².